The Balaban J connectivity index is 1.43. The lowest BCUT2D eigenvalue weighted by atomic mass is 10.1. The fourth-order valence-corrected chi connectivity index (χ4v) is 3.22. The number of hydrogen-bond donors (Lipinski definition) is 2. The van der Waals surface area contributed by atoms with Crippen molar-refractivity contribution in [2.75, 3.05) is 55.3 Å². The fraction of sp³-hybridized carbons (Fsp3) is 0.409. The number of nitrogens with zero attached hydrogens (tertiary/aromatic N) is 2. The average Bonchev–Trinajstić information content (AvgIpc) is 2.66. The van der Waals surface area contributed by atoms with Crippen LogP contribution in [0.25, 0.3) is 0 Å². The summed E-state index contributed by atoms with van der Waals surface area (Å²) >= 11 is 0. The van der Waals surface area contributed by atoms with Crippen LogP contribution in [0.4, 0.5) is 17.1 Å². The molecular formula is C22H30N4O. The molecule has 0 atom stereocenters. The normalized spacial score (nSPS) is 14.9. The molecule has 1 aliphatic rings. The average molecular weight is 367 g/mol. The van der Waals surface area contributed by atoms with E-state index in [9.17, 15) is 4.79 Å². The minimum atomic E-state index is 0.0276. The van der Waals surface area contributed by atoms with E-state index in [-0.39, 0.29) is 5.91 Å². The van der Waals surface area contributed by atoms with Crippen LogP contribution in [0, 0.1) is 13.8 Å². The van der Waals surface area contributed by atoms with Gasteiger partial charge in [0.05, 0.1) is 0 Å². The van der Waals surface area contributed by atoms with Crippen LogP contribution in [-0.2, 0) is 4.79 Å². The molecule has 2 N–H and O–H groups in total. The Morgan fingerprint density at radius 3 is 2.26 bits per heavy atom. The molecule has 0 bridgehead atoms. The number of aryl methyl sites for hydroxylation is 2. The smallest absolute Gasteiger partial charge is 0.226 e. The maximum Gasteiger partial charge on any atom is 0.226 e. The maximum atomic E-state index is 12.1. The standard InChI is InChI=1S/C22H30N4O/c1-17-4-5-20(16-18(17)2)24-22(27)10-11-23-19-6-8-21(9-7-19)26-14-12-25(3)13-15-26/h4-9,16,23H,10-15H2,1-3H3,(H,24,27). The summed E-state index contributed by atoms with van der Waals surface area (Å²) in [7, 11) is 2.17. The van der Waals surface area contributed by atoms with Gasteiger partial charge < -0.3 is 20.4 Å². The summed E-state index contributed by atoms with van der Waals surface area (Å²) in [6.07, 6.45) is 0.438. The van der Waals surface area contributed by atoms with Gasteiger partial charge in [0.25, 0.3) is 0 Å². The number of nitrogens with one attached hydrogen (secondary N) is 2. The Morgan fingerprint density at radius 2 is 1.59 bits per heavy atom. The van der Waals surface area contributed by atoms with Gasteiger partial charge in [-0.2, -0.15) is 0 Å². The second kappa shape index (κ2) is 8.91. The molecule has 0 radical (unpaired) electrons. The summed E-state index contributed by atoms with van der Waals surface area (Å²) in [6.45, 7) is 9.10. The highest BCUT2D eigenvalue weighted by molar-refractivity contribution is 5.91. The van der Waals surface area contributed by atoms with Crippen molar-refractivity contribution in [2.45, 2.75) is 20.3 Å². The molecule has 3 rings (SSSR count). The van der Waals surface area contributed by atoms with Crippen LogP contribution in [0.2, 0.25) is 0 Å². The lowest BCUT2D eigenvalue weighted by Crippen LogP contribution is -2.44. The van der Waals surface area contributed by atoms with E-state index in [1.807, 2.05) is 18.2 Å². The number of carbonyl (C=O) groups is 1. The first-order chi connectivity index (χ1) is 13.0. The quantitative estimate of drug-likeness (QED) is 0.822. The Labute approximate surface area is 162 Å². The van der Waals surface area contributed by atoms with E-state index in [1.54, 1.807) is 0 Å². The highest BCUT2D eigenvalue weighted by Gasteiger charge is 2.13. The second-order valence-corrected chi connectivity index (χ2v) is 7.36. The minimum absolute atomic E-state index is 0.0276. The van der Waals surface area contributed by atoms with E-state index in [4.69, 9.17) is 0 Å². The van der Waals surface area contributed by atoms with Gasteiger partial charge in [0, 0.05) is 56.2 Å². The fourth-order valence-electron chi connectivity index (χ4n) is 3.22. The Hall–Kier alpha value is -2.53. The molecular weight excluding hydrogens is 336 g/mol. The molecule has 1 aliphatic heterocycles. The van der Waals surface area contributed by atoms with Crippen LogP contribution in [-0.4, -0.2) is 50.6 Å². The summed E-state index contributed by atoms with van der Waals surface area (Å²) in [5.41, 5.74) is 5.59. The lowest BCUT2D eigenvalue weighted by Gasteiger charge is -2.34. The number of amides is 1. The molecule has 2 aromatic carbocycles. The van der Waals surface area contributed by atoms with Gasteiger partial charge in [-0.15, -0.1) is 0 Å². The van der Waals surface area contributed by atoms with Crippen molar-refractivity contribution in [3.63, 3.8) is 0 Å². The highest BCUT2D eigenvalue weighted by atomic mass is 16.1. The zero-order valence-electron chi connectivity index (χ0n) is 16.6. The Kier molecular flexibility index (Phi) is 6.35. The molecule has 27 heavy (non-hydrogen) atoms. The van der Waals surface area contributed by atoms with Crippen LogP contribution in [0.15, 0.2) is 42.5 Å². The third kappa shape index (κ3) is 5.47. The van der Waals surface area contributed by atoms with Crippen LogP contribution in [0.5, 0.6) is 0 Å². The molecule has 5 heteroatoms. The first-order valence-electron chi connectivity index (χ1n) is 9.66. The first-order valence-corrected chi connectivity index (χ1v) is 9.66. The van der Waals surface area contributed by atoms with E-state index in [1.165, 1.54) is 16.8 Å². The van der Waals surface area contributed by atoms with Gasteiger partial charge in [0.15, 0.2) is 0 Å². The third-order valence-corrected chi connectivity index (χ3v) is 5.21. The predicted octanol–water partition coefficient (Wildman–Crippen LogP) is 3.50. The van der Waals surface area contributed by atoms with Gasteiger partial charge >= 0.3 is 0 Å². The summed E-state index contributed by atoms with van der Waals surface area (Å²) in [6, 6.07) is 14.5. The van der Waals surface area contributed by atoms with Crippen molar-refractivity contribution in [1.82, 2.24) is 4.90 Å². The van der Waals surface area contributed by atoms with Crippen molar-refractivity contribution in [3.8, 4) is 0 Å². The molecule has 0 aromatic heterocycles. The number of anilines is 3. The zero-order valence-corrected chi connectivity index (χ0v) is 16.6. The molecule has 0 aliphatic carbocycles. The van der Waals surface area contributed by atoms with Crippen LogP contribution < -0.4 is 15.5 Å². The van der Waals surface area contributed by atoms with E-state index < -0.39 is 0 Å². The van der Waals surface area contributed by atoms with Crippen LogP contribution >= 0.6 is 0 Å². The molecule has 0 saturated carbocycles. The summed E-state index contributed by atoms with van der Waals surface area (Å²) in [5.74, 6) is 0.0276. The largest absolute Gasteiger partial charge is 0.385 e. The summed E-state index contributed by atoms with van der Waals surface area (Å²) in [5, 5.41) is 6.29. The molecule has 0 spiro atoms. The van der Waals surface area contributed by atoms with E-state index in [2.05, 4.69) is 65.6 Å². The summed E-state index contributed by atoms with van der Waals surface area (Å²) < 4.78 is 0. The van der Waals surface area contributed by atoms with Gasteiger partial charge in [0.2, 0.25) is 5.91 Å². The Bertz CT molecular complexity index is 764. The van der Waals surface area contributed by atoms with Crippen molar-refractivity contribution >= 4 is 23.0 Å². The molecule has 0 unspecified atom stereocenters. The molecule has 1 saturated heterocycles. The topological polar surface area (TPSA) is 47.6 Å². The number of hydrogen-bond acceptors (Lipinski definition) is 4. The highest BCUT2D eigenvalue weighted by Crippen LogP contribution is 2.19. The van der Waals surface area contributed by atoms with Gasteiger partial charge in [-0.1, -0.05) is 6.07 Å². The molecule has 5 nitrogen and oxygen atoms in total. The zero-order chi connectivity index (χ0) is 19.2. The Morgan fingerprint density at radius 1 is 0.926 bits per heavy atom. The van der Waals surface area contributed by atoms with Gasteiger partial charge in [0.1, 0.15) is 0 Å². The van der Waals surface area contributed by atoms with E-state index in [0.29, 0.717) is 13.0 Å². The molecule has 144 valence electrons. The molecule has 1 fully saturated rings. The van der Waals surface area contributed by atoms with Gasteiger partial charge in [-0.3, -0.25) is 4.79 Å². The van der Waals surface area contributed by atoms with Crippen LogP contribution in [0.1, 0.15) is 17.5 Å². The molecule has 1 heterocycles. The minimum Gasteiger partial charge on any atom is -0.385 e. The van der Waals surface area contributed by atoms with Crippen molar-refractivity contribution in [1.29, 1.82) is 0 Å². The molecule has 2 aromatic rings. The lowest BCUT2D eigenvalue weighted by molar-refractivity contribution is -0.115. The van der Waals surface area contributed by atoms with E-state index >= 15 is 0 Å². The van der Waals surface area contributed by atoms with E-state index in [0.717, 1.165) is 37.6 Å². The monoisotopic (exact) mass is 366 g/mol. The maximum absolute atomic E-state index is 12.1. The van der Waals surface area contributed by atoms with Gasteiger partial charge in [-0.05, 0) is 68.4 Å². The van der Waals surface area contributed by atoms with Crippen molar-refractivity contribution in [2.24, 2.45) is 0 Å². The van der Waals surface area contributed by atoms with Gasteiger partial charge in [-0.25, -0.2) is 0 Å². The number of rotatable bonds is 6. The first kappa shape index (κ1) is 19.2. The number of likely N-dealkylation sites (N-methyl/N-ethyl adjacent to an activating group) is 1. The summed E-state index contributed by atoms with van der Waals surface area (Å²) in [4.78, 5) is 16.9. The van der Waals surface area contributed by atoms with Crippen molar-refractivity contribution in [3.05, 3.63) is 53.6 Å². The number of piperazine rings is 1. The molecule has 1 amide bonds. The van der Waals surface area contributed by atoms with Crippen molar-refractivity contribution < 1.29 is 4.79 Å². The van der Waals surface area contributed by atoms with Crippen LogP contribution in [0.3, 0.4) is 0 Å². The second-order valence-electron chi connectivity index (χ2n) is 7.36. The number of carbonyl (C=O) groups excluding carboxylic acids is 1. The number of benzene rings is 2. The third-order valence-electron chi connectivity index (χ3n) is 5.21. The predicted molar refractivity (Wildman–Crippen MR) is 114 cm³/mol. The SMILES string of the molecule is Cc1ccc(NC(=O)CCNc2ccc(N3CCN(C)CC3)cc2)cc1C.